The molecule has 0 heterocycles. The highest BCUT2D eigenvalue weighted by Crippen LogP contribution is 2.33. The Hall–Kier alpha value is -2.15. The molecule has 22 heavy (non-hydrogen) atoms. The second kappa shape index (κ2) is 7.22. The predicted octanol–water partition coefficient (Wildman–Crippen LogP) is 5.52. The molecule has 0 unspecified atom stereocenters. The van der Waals surface area contributed by atoms with E-state index in [0.29, 0.717) is 0 Å². The van der Waals surface area contributed by atoms with Gasteiger partial charge in [0.2, 0.25) is 0 Å². The monoisotopic (exact) mass is 292 g/mol. The van der Waals surface area contributed by atoms with Crippen molar-refractivity contribution in [2.24, 2.45) is 0 Å². The van der Waals surface area contributed by atoms with Crippen molar-refractivity contribution in [2.45, 2.75) is 40.5 Å². The standard InChI is InChI=1S/C21H24O/c1-5-9-19(20(14-22)18-10-7-6-8-11-18)21-16(3)12-15(2)13-17(21)4/h6-8,10-14H,5,9H2,1-4H3/b20-19+. The van der Waals surface area contributed by atoms with Crippen LogP contribution in [0.25, 0.3) is 11.1 Å². The lowest BCUT2D eigenvalue weighted by molar-refractivity contribution is -0.103. The number of rotatable bonds is 5. The molecule has 114 valence electrons. The van der Waals surface area contributed by atoms with Crippen molar-refractivity contribution in [3.05, 3.63) is 70.3 Å². The summed E-state index contributed by atoms with van der Waals surface area (Å²) in [6.45, 7) is 8.55. The first-order valence-electron chi connectivity index (χ1n) is 7.90. The molecule has 0 saturated carbocycles. The fourth-order valence-corrected chi connectivity index (χ4v) is 3.23. The first-order chi connectivity index (χ1) is 10.6. The summed E-state index contributed by atoms with van der Waals surface area (Å²) in [5, 5.41) is 0. The Morgan fingerprint density at radius 2 is 1.59 bits per heavy atom. The first kappa shape index (κ1) is 16.2. The van der Waals surface area contributed by atoms with E-state index in [1.165, 1.54) is 27.8 Å². The van der Waals surface area contributed by atoms with Crippen LogP contribution in [0.2, 0.25) is 0 Å². The average molecular weight is 292 g/mol. The number of carbonyl (C=O) groups is 1. The van der Waals surface area contributed by atoms with Gasteiger partial charge in [0.1, 0.15) is 0 Å². The highest BCUT2D eigenvalue weighted by atomic mass is 16.1. The fourth-order valence-electron chi connectivity index (χ4n) is 3.23. The Morgan fingerprint density at radius 1 is 1.00 bits per heavy atom. The van der Waals surface area contributed by atoms with Crippen LogP contribution in [0.1, 0.15) is 47.6 Å². The highest BCUT2D eigenvalue weighted by Gasteiger charge is 2.15. The van der Waals surface area contributed by atoms with Crippen LogP contribution in [-0.4, -0.2) is 6.29 Å². The zero-order chi connectivity index (χ0) is 16.1. The Balaban J connectivity index is 2.73. The third-order valence-corrected chi connectivity index (χ3v) is 4.01. The Kier molecular flexibility index (Phi) is 5.32. The van der Waals surface area contributed by atoms with E-state index in [-0.39, 0.29) is 0 Å². The van der Waals surface area contributed by atoms with Gasteiger partial charge in [0.05, 0.1) is 0 Å². The molecule has 0 amide bonds. The van der Waals surface area contributed by atoms with Gasteiger partial charge in [-0.05, 0) is 55.0 Å². The smallest absolute Gasteiger partial charge is 0.150 e. The molecule has 0 bridgehead atoms. The number of aldehydes is 1. The average Bonchev–Trinajstić information content (AvgIpc) is 2.48. The van der Waals surface area contributed by atoms with Crippen molar-refractivity contribution in [1.29, 1.82) is 0 Å². The third-order valence-electron chi connectivity index (χ3n) is 4.01. The molecule has 2 aromatic rings. The molecule has 1 nitrogen and oxygen atoms in total. The lowest BCUT2D eigenvalue weighted by Crippen LogP contribution is -2.00. The van der Waals surface area contributed by atoms with E-state index in [1.807, 2.05) is 30.3 Å². The SMILES string of the molecule is CCC/C(=C(/C=O)c1ccccc1)c1c(C)cc(C)cc1C. The third kappa shape index (κ3) is 3.36. The number of aryl methyl sites for hydroxylation is 3. The summed E-state index contributed by atoms with van der Waals surface area (Å²) in [6.07, 6.45) is 2.94. The number of benzene rings is 2. The maximum absolute atomic E-state index is 11.8. The Morgan fingerprint density at radius 3 is 2.09 bits per heavy atom. The van der Waals surface area contributed by atoms with Crippen LogP contribution >= 0.6 is 0 Å². The van der Waals surface area contributed by atoms with E-state index in [0.717, 1.165) is 30.3 Å². The van der Waals surface area contributed by atoms with E-state index < -0.39 is 0 Å². The molecule has 0 fully saturated rings. The largest absolute Gasteiger partial charge is 0.298 e. The molecule has 0 aliphatic rings. The lowest BCUT2D eigenvalue weighted by Gasteiger charge is -2.17. The second-order valence-corrected chi connectivity index (χ2v) is 5.90. The minimum absolute atomic E-state index is 0.817. The maximum atomic E-state index is 11.8. The van der Waals surface area contributed by atoms with E-state index in [1.54, 1.807) is 0 Å². The summed E-state index contributed by atoms with van der Waals surface area (Å²) in [4.78, 5) is 11.8. The van der Waals surface area contributed by atoms with E-state index in [9.17, 15) is 4.79 Å². The van der Waals surface area contributed by atoms with Gasteiger partial charge in [-0.2, -0.15) is 0 Å². The van der Waals surface area contributed by atoms with Crippen molar-refractivity contribution in [1.82, 2.24) is 0 Å². The van der Waals surface area contributed by atoms with Crippen LogP contribution in [0, 0.1) is 20.8 Å². The lowest BCUT2D eigenvalue weighted by atomic mass is 9.86. The first-order valence-corrected chi connectivity index (χ1v) is 7.90. The van der Waals surface area contributed by atoms with Crippen molar-refractivity contribution in [3.63, 3.8) is 0 Å². The molecule has 0 N–H and O–H groups in total. The molecule has 0 aromatic heterocycles. The fraction of sp³-hybridized carbons (Fsp3) is 0.286. The molecular weight excluding hydrogens is 268 g/mol. The van der Waals surface area contributed by atoms with Gasteiger partial charge in [-0.15, -0.1) is 0 Å². The highest BCUT2D eigenvalue weighted by molar-refractivity contribution is 6.17. The summed E-state index contributed by atoms with van der Waals surface area (Å²) in [7, 11) is 0. The van der Waals surface area contributed by atoms with Gasteiger partial charge in [0, 0.05) is 5.57 Å². The van der Waals surface area contributed by atoms with E-state index >= 15 is 0 Å². The number of hydrogen-bond acceptors (Lipinski definition) is 1. The van der Waals surface area contributed by atoms with Crippen molar-refractivity contribution in [3.8, 4) is 0 Å². The zero-order valence-corrected chi connectivity index (χ0v) is 13.9. The van der Waals surface area contributed by atoms with E-state index in [2.05, 4.69) is 39.8 Å². The van der Waals surface area contributed by atoms with Crippen LogP contribution in [0.5, 0.6) is 0 Å². The van der Waals surface area contributed by atoms with Crippen molar-refractivity contribution >= 4 is 17.4 Å². The molecule has 2 aromatic carbocycles. The molecule has 0 atom stereocenters. The van der Waals surface area contributed by atoms with Gasteiger partial charge in [-0.1, -0.05) is 61.4 Å². The summed E-state index contributed by atoms with van der Waals surface area (Å²) >= 11 is 0. The van der Waals surface area contributed by atoms with Gasteiger partial charge in [-0.25, -0.2) is 0 Å². The van der Waals surface area contributed by atoms with Crippen LogP contribution in [0.3, 0.4) is 0 Å². The van der Waals surface area contributed by atoms with Gasteiger partial charge in [0.25, 0.3) is 0 Å². The minimum Gasteiger partial charge on any atom is -0.298 e. The topological polar surface area (TPSA) is 17.1 Å². The van der Waals surface area contributed by atoms with Gasteiger partial charge < -0.3 is 0 Å². The van der Waals surface area contributed by atoms with Crippen LogP contribution in [0.15, 0.2) is 42.5 Å². The minimum atomic E-state index is 0.817. The second-order valence-electron chi connectivity index (χ2n) is 5.90. The molecule has 0 aliphatic heterocycles. The number of allylic oxidation sites excluding steroid dienone is 2. The summed E-state index contributed by atoms with van der Waals surface area (Å²) < 4.78 is 0. The van der Waals surface area contributed by atoms with Crippen LogP contribution in [0.4, 0.5) is 0 Å². The summed E-state index contributed by atoms with van der Waals surface area (Å²) in [6, 6.07) is 14.4. The number of carbonyl (C=O) groups excluding carboxylic acids is 1. The molecule has 2 rings (SSSR count). The predicted molar refractivity (Wildman–Crippen MR) is 94.9 cm³/mol. The maximum Gasteiger partial charge on any atom is 0.150 e. The Bertz CT molecular complexity index is 670. The van der Waals surface area contributed by atoms with Crippen molar-refractivity contribution in [2.75, 3.05) is 0 Å². The summed E-state index contributed by atoms with van der Waals surface area (Å²) in [5.41, 5.74) is 7.98. The van der Waals surface area contributed by atoms with Crippen LogP contribution < -0.4 is 0 Å². The molecule has 0 spiro atoms. The molecule has 0 saturated heterocycles. The van der Waals surface area contributed by atoms with Gasteiger partial charge >= 0.3 is 0 Å². The van der Waals surface area contributed by atoms with Gasteiger partial charge in [-0.3, -0.25) is 4.79 Å². The summed E-state index contributed by atoms with van der Waals surface area (Å²) in [5.74, 6) is 0. The van der Waals surface area contributed by atoms with Crippen molar-refractivity contribution < 1.29 is 4.79 Å². The van der Waals surface area contributed by atoms with Gasteiger partial charge in [0.15, 0.2) is 6.29 Å². The van der Waals surface area contributed by atoms with Crippen LogP contribution in [-0.2, 0) is 4.79 Å². The quantitative estimate of drug-likeness (QED) is 0.403. The molecule has 0 aliphatic carbocycles. The number of hydrogen-bond donors (Lipinski definition) is 0. The van der Waals surface area contributed by atoms with E-state index in [4.69, 9.17) is 0 Å². The normalized spacial score (nSPS) is 12.0. The molecular formula is C21H24O. The Labute approximate surface area is 133 Å². The zero-order valence-electron chi connectivity index (χ0n) is 13.9. The molecule has 1 heteroatoms. The molecule has 0 radical (unpaired) electrons.